The Bertz CT molecular complexity index is 3650. The first-order valence-corrected chi connectivity index (χ1v) is 31.9. The number of aromatic nitrogens is 6. The highest BCUT2D eigenvalue weighted by molar-refractivity contribution is 8.14. The largest absolute Gasteiger partial charge is 0.482 e. The van der Waals surface area contributed by atoms with Gasteiger partial charge in [0.1, 0.15) is 32.9 Å². The van der Waals surface area contributed by atoms with Crippen molar-refractivity contribution >= 4 is 110 Å². The van der Waals surface area contributed by atoms with Crippen LogP contribution in [0, 0.1) is 12.8 Å². The summed E-state index contributed by atoms with van der Waals surface area (Å²) >= 11 is 26.9. The maximum Gasteiger partial charge on any atom is 0.407 e. The maximum absolute atomic E-state index is 12.7. The molecule has 0 saturated heterocycles. The highest BCUT2D eigenvalue weighted by Gasteiger charge is 2.23. The van der Waals surface area contributed by atoms with E-state index < -0.39 is 12.2 Å². The van der Waals surface area contributed by atoms with E-state index in [9.17, 15) is 28.8 Å². The van der Waals surface area contributed by atoms with Gasteiger partial charge in [0.25, 0.3) is 11.8 Å². The van der Waals surface area contributed by atoms with Crippen molar-refractivity contribution in [3.63, 3.8) is 0 Å². The molecule has 0 aliphatic carbocycles. The number of carbonyl (C=O) groups is 6. The minimum Gasteiger partial charge on any atom is -0.482 e. The molecule has 6 aromatic rings. The zero-order valence-corrected chi connectivity index (χ0v) is 54.7. The first kappa shape index (κ1) is 70.2. The van der Waals surface area contributed by atoms with Gasteiger partial charge in [-0.2, -0.15) is 0 Å². The van der Waals surface area contributed by atoms with E-state index in [2.05, 4.69) is 84.6 Å². The van der Waals surface area contributed by atoms with Crippen LogP contribution in [0.25, 0.3) is 5.57 Å². The van der Waals surface area contributed by atoms with Gasteiger partial charge in [0.05, 0.1) is 53.8 Å². The maximum atomic E-state index is 12.7. The number of amides is 4. The minimum absolute atomic E-state index is 0.0325. The number of fused-ring (bicyclic) bond motifs is 1. The quantitative estimate of drug-likeness (QED) is 0.00730. The number of aryl methyl sites for hydroxylation is 3. The highest BCUT2D eigenvalue weighted by Crippen LogP contribution is 2.38. The van der Waals surface area contributed by atoms with E-state index >= 15 is 0 Å². The Kier molecular flexibility index (Phi) is 27.8. The average molecular weight is 1340 g/mol. The Labute approximate surface area is 552 Å². The van der Waals surface area contributed by atoms with Crippen LogP contribution in [0.3, 0.4) is 0 Å². The Balaban J connectivity index is 0.780. The van der Waals surface area contributed by atoms with Gasteiger partial charge >= 0.3 is 12.2 Å². The van der Waals surface area contributed by atoms with E-state index in [-0.39, 0.29) is 106 Å². The molecule has 1 unspecified atom stereocenters. The molecule has 0 spiro atoms. The average Bonchev–Trinajstić information content (AvgIpc) is 1.52. The number of allylic oxidation sites excluding steroid dienone is 3. The van der Waals surface area contributed by atoms with Crippen molar-refractivity contribution in [3.8, 4) is 11.5 Å². The van der Waals surface area contributed by atoms with Gasteiger partial charge in [0, 0.05) is 85.1 Å². The summed E-state index contributed by atoms with van der Waals surface area (Å²) in [4.78, 5) is 83.5. The number of hydrogen-bond donors (Lipinski definition) is 4. The molecule has 3 heterocycles. The summed E-state index contributed by atoms with van der Waals surface area (Å²) in [5, 5.41) is 28.5. The number of Topliss-reactive ketones (excluding diaryl/α,β-unsaturated/α-hetero) is 2. The van der Waals surface area contributed by atoms with Gasteiger partial charge in [-0.05, 0) is 104 Å². The lowest BCUT2D eigenvalue weighted by Crippen LogP contribution is -2.30. The van der Waals surface area contributed by atoms with Crippen LogP contribution in [0.4, 0.5) is 15.3 Å². The number of nitrogens with one attached hydrogen (secondary N) is 4. The van der Waals surface area contributed by atoms with Gasteiger partial charge in [0.2, 0.25) is 0 Å². The van der Waals surface area contributed by atoms with E-state index in [4.69, 9.17) is 70.3 Å². The monoisotopic (exact) mass is 1340 g/mol. The number of anilines is 1. The third kappa shape index (κ3) is 21.4. The first-order valence-electron chi connectivity index (χ1n) is 29.6. The molecule has 7 rings (SSSR count). The molecule has 0 saturated carbocycles. The fourth-order valence-corrected chi connectivity index (χ4v) is 10.6. The molecule has 482 valence electrons. The Morgan fingerprint density at radius 3 is 1.84 bits per heavy atom. The summed E-state index contributed by atoms with van der Waals surface area (Å²) in [5.41, 5.74) is 6.06. The van der Waals surface area contributed by atoms with E-state index in [0.29, 0.717) is 100 Å². The standard InChI is InChI=1S/C64H72Cl4N12O10S/c1-6-41(3)61(83)48-20-22-51(59(67)57(48)65)89-39-54(81)69-25-12-29-79-37-45(74-76-79)35-72-63(85)87-32-14-27-71-56(91-53-19-11-8-16-43(53)5)34-44-24-31-78(50-18-10-9-17-47(44)50)28-15-33-88-64(86)73-36-46-38-80(77-75-46)30-13-26-70-55(82)40-90-52-23-21-49(58(66)60(52)68)62(84)42(4)7-2/h8-11,16-24,31,34,37-38,41H,4,6-7,12-15,25-30,32-33,35-36,39-40H2,1-3,5H3,(H,69,81)(H,70,82)(H,72,85)(H,73,86)/b44-34+,71-56?. The summed E-state index contributed by atoms with van der Waals surface area (Å²) in [6.45, 7) is 13.8. The SMILES string of the molecule is C=C(CC)C(=O)c1ccc(OCC(=O)NCCCn2cc(CNC(=O)OCCCN3C=C/C(=C\C(=NCCCOC(=O)NCc4cn(CCCNC(=O)COc5ccc(C(=O)C(C)CC)c(Cl)c5Cl)nn4)Sc4ccccc4C)c4ccccc43)nn2)c(Cl)c1Cl. The number of halogens is 4. The second-order valence-corrected chi connectivity index (χ2v) is 23.3. The van der Waals surface area contributed by atoms with Crippen LogP contribution >= 0.6 is 58.2 Å². The van der Waals surface area contributed by atoms with Crippen LogP contribution in [0.5, 0.6) is 11.5 Å². The van der Waals surface area contributed by atoms with Crippen molar-refractivity contribution in [1.29, 1.82) is 0 Å². The van der Waals surface area contributed by atoms with Crippen molar-refractivity contribution in [1.82, 2.24) is 51.3 Å². The molecule has 1 aliphatic heterocycles. The molecule has 4 N–H and O–H groups in total. The molecule has 22 nitrogen and oxygen atoms in total. The number of aliphatic imine (C=N–C) groups is 1. The number of ether oxygens (including phenoxy) is 4. The van der Waals surface area contributed by atoms with Crippen LogP contribution in [-0.2, 0) is 45.2 Å². The topological polar surface area (TPSA) is 264 Å². The van der Waals surface area contributed by atoms with E-state index in [1.807, 2.05) is 63.4 Å². The molecule has 0 bridgehead atoms. The number of rotatable bonds is 34. The smallest absolute Gasteiger partial charge is 0.407 e. The second kappa shape index (κ2) is 36.0. The lowest BCUT2D eigenvalue weighted by atomic mass is 9.97. The molecule has 2 aromatic heterocycles. The van der Waals surface area contributed by atoms with Crippen molar-refractivity contribution in [2.45, 2.75) is 97.3 Å². The van der Waals surface area contributed by atoms with Crippen molar-refractivity contribution in [2.75, 3.05) is 57.5 Å². The third-order valence-corrected chi connectivity index (χ3v) is 16.9. The van der Waals surface area contributed by atoms with Crippen LogP contribution in [0.15, 0.2) is 126 Å². The zero-order valence-electron chi connectivity index (χ0n) is 50.9. The Morgan fingerprint density at radius 2 is 1.24 bits per heavy atom. The summed E-state index contributed by atoms with van der Waals surface area (Å²) in [6.07, 6.45) is 11.6. The summed E-state index contributed by atoms with van der Waals surface area (Å²) in [6, 6.07) is 22.2. The van der Waals surface area contributed by atoms with Crippen molar-refractivity contribution < 1.29 is 47.7 Å². The van der Waals surface area contributed by atoms with Gasteiger partial charge in [-0.25, -0.2) is 9.59 Å². The molecular formula is C64H72Cl4N12O10S. The number of para-hydroxylation sites is 1. The van der Waals surface area contributed by atoms with Gasteiger partial charge in [-0.1, -0.05) is 132 Å². The van der Waals surface area contributed by atoms with Crippen molar-refractivity contribution in [2.24, 2.45) is 10.9 Å². The highest BCUT2D eigenvalue weighted by atomic mass is 35.5. The molecule has 0 radical (unpaired) electrons. The second-order valence-electron chi connectivity index (χ2n) is 20.8. The number of thioether (sulfide) groups is 1. The predicted molar refractivity (Wildman–Crippen MR) is 353 cm³/mol. The molecule has 27 heteroatoms. The summed E-state index contributed by atoms with van der Waals surface area (Å²) < 4.78 is 25.3. The fraction of sp³-hybridized carbons (Fsp3) is 0.359. The number of hydrogen-bond acceptors (Lipinski definition) is 17. The molecule has 1 atom stereocenters. The Morgan fingerprint density at radius 1 is 0.681 bits per heavy atom. The predicted octanol–water partition coefficient (Wildman–Crippen LogP) is 11.9. The van der Waals surface area contributed by atoms with Crippen LogP contribution < -0.4 is 35.6 Å². The molecule has 4 amide bonds. The van der Waals surface area contributed by atoms with Gasteiger partial charge in [-0.15, -0.1) is 10.2 Å². The number of nitrogens with zero attached hydrogens (tertiary/aromatic N) is 8. The van der Waals surface area contributed by atoms with Crippen LogP contribution in [0.2, 0.25) is 20.1 Å². The number of carbonyl (C=O) groups excluding carboxylic acids is 6. The summed E-state index contributed by atoms with van der Waals surface area (Å²) in [5.74, 6) is -0.996. The normalized spacial score (nSPS) is 12.6. The van der Waals surface area contributed by atoms with E-state index in [1.165, 1.54) is 18.2 Å². The number of alkyl carbamates (subject to hydrolysis) is 2. The van der Waals surface area contributed by atoms with E-state index in [1.54, 1.807) is 39.6 Å². The third-order valence-electron chi connectivity index (χ3n) is 14.0. The zero-order chi connectivity index (χ0) is 65.2. The molecule has 4 aromatic carbocycles. The van der Waals surface area contributed by atoms with Crippen LogP contribution in [0.1, 0.15) is 103 Å². The first-order chi connectivity index (χ1) is 43.9. The number of benzene rings is 4. The lowest BCUT2D eigenvalue weighted by Gasteiger charge is -2.27. The Hall–Kier alpha value is -8.22. The minimum atomic E-state index is -0.602. The fourth-order valence-electron chi connectivity index (χ4n) is 8.74. The van der Waals surface area contributed by atoms with Crippen molar-refractivity contribution in [3.05, 3.63) is 169 Å². The van der Waals surface area contributed by atoms with Gasteiger partial charge in [0.15, 0.2) is 24.8 Å². The lowest BCUT2D eigenvalue weighted by molar-refractivity contribution is -0.123. The molecule has 0 fully saturated rings. The van der Waals surface area contributed by atoms with Crippen LogP contribution in [-0.4, -0.2) is 123 Å². The van der Waals surface area contributed by atoms with Gasteiger partial charge in [-0.3, -0.25) is 33.5 Å². The van der Waals surface area contributed by atoms with E-state index in [0.717, 1.165) is 32.3 Å². The molecule has 1 aliphatic rings. The summed E-state index contributed by atoms with van der Waals surface area (Å²) in [7, 11) is 0. The number of ketones is 2. The van der Waals surface area contributed by atoms with Gasteiger partial charge < -0.3 is 45.1 Å². The molecule has 91 heavy (non-hydrogen) atoms. The molecular weight excluding hydrogens is 1270 g/mol.